The van der Waals surface area contributed by atoms with E-state index in [1.165, 1.54) is 28.3 Å². The molecule has 0 saturated heterocycles. The second-order valence-electron chi connectivity index (χ2n) is 12.3. The van der Waals surface area contributed by atoms with Gasteiger partial charge in [0.05, 0.1) is 0 Å². The van der Waals surface area contributed by atoms with Crippen LogP contribution in [-0.2, 0) is 36.7 Å². The summed E-state index contributed by atoms with van der Waals surface area (Å²) in [5.74, 6) is 0. The topological polar surface area (TPSA) is 12.0 Å². The third kappa shape index (κ3) is 6.74. The Labute approximate surface area is 220 Å². The Kier molecular flexibility index (Phi) is 9.98. The quantitative estimate of drug-likeness (QED) is 0.473. The van der Waals surface area contributed by atoms with Crippen molar-refractivity contribution in [2.75, 3.05) is 0 Å². The number of rotatable bonds is 5. The van der Waals surface area contributed by atoms with Crippen molar-refractivity contribution in [3.05, 3.63) is 52.6 Å². The van der Waals surface area contributed by atoms with Gasteiger partial charge >= 0.3 is 197 Å². The monoisotopic (exact) mass is 525 g/mol. The maximum atomic E-state index is 4.07. The summed E-state index contributed by atoms with van der Waals surface area (Å²) < 4.78 is 5.73. The minimum Gasteiger partial charge on any atom is -1.00 e. The molecule has 32 heavy (non-hydrogen) atoms. The Morgan fingerprint density at radius 1 is 0.844 bits per heavy atom. The third-order valence-electron chi connectivity index (χ3n) is 6.19. The molecular weight excluding hydrogens is 485 g/mol. The zero-order valence-electron chi connectivity index (χ0n) is 21.6. The van der Waals surface area contributed by atoms with Crippen LogP contribution in [0, 0.1) is 0 Å². The summed E-state index contributed by atoms with van der Waals surface area (Å²) in [6, 6.07) is 13.4. The summed E-state index contributed by atoms with van der Waals surface area (Å²) in [6.45, 7) is 23.8. The second kappa shape index (κ2) is 10.7. The van der Waals surface area contributed by atoms with Gasteiger partial charge in [0, 0.05) is 0 Å². The SMILES string of the molecule is C[SiH](C)CC(C)(C)[NH][Ti+2][c]1c(C(C)(C)C)ccc2c1Cc1cc(C(C)(C)C)ccc1-2.[Cl-].[Cl-]. The van der Waals surface area contributed by atoms with Gasteiger partial charge in [-0.15, -0.1) is 0 Å². The number of fused-ring (bicyclic) bond motifs is 3. The second-order valence-corrected chi connectivity index (χ2v) is 17.1. The first kappa shape index (κ1) is 29.9. The minimum absolute atomic E-state index is 0. The van der Waals surface area contributed by atoms with Gasteiger partial charge in [-0.1, -0.05) is 0 Å². The van der Waals surface area contributed by atoms with Crippen LogP contribution in [0.5, 0.6) is 0 Å². The van der Waals surface area contributed by atoms with Crippen LogP contribution in [0.1, 0.15) is 77.6 Å². The van der Waals surface area contributed by atoms with Crippen molar-refractivity contribution in [2.45, 2.75) is 97.3 Å². The van der Waals surface area contributed by atoms with Gasteiger partial charge in [0.1, 0.15) is 0 Å². The summed E-state index contributed by atoms with van der Waals surface area (Å²) >= 11 is -0.415. The minimum atomic E-state index is -0.597. The normalized spacial score (nSPS) is 13.1. The van der Waals surface area contributed by atoms with E-state index in [2.05, 4.69) is 103 Å². The molecule has 1 aliphatic carbocycles. The van der Waals surface area contributed by atoms with Crippen LogP contribution in [0.25, 0.3) is 11.1 Å². The van der Waals surface area contributed by atoms with Gasteiger partial charge in [-0.3, -0.25) is 0 Å². The van der Waals surface area contributed by atoms with Crippen molar-refractivity contribution in [1.29, 1.82) is 0 Å². The van der Waals surface area contributed by atoms with Gasteiger partial charge in [-0.25, -0.2) is 0 Å². The zero-order chi connectivity index (χ0) is 22.5. The molecule has 0 atom stereocenters. The van der Waals surface area contributed by atoms with Gasteiger partial charge < -0.3 is 24.8 Å². The van der Waals surface area contributed by atoms with Crippen LogP contribution < -0.4 is 32.5 Å². The van der Waals surface area contributed by atoms with E-state index in [1.54, 1.807) is 15.0 Å². The largest absolute Gasteiger partial charge is 1.00 e. The van der Waals surface area contributed by atoms with Gasteiger partial charge in [0.25, 0.3) is 0 Å². The van der Waals surface area contributed by atoms with E-state index >= 15 is 0 Å². The molecule has 0 heterocycles. The molecule has 0 fully saturated rings. The summed E-state index contributed by atoms with van der Waals surface area (Å²) in [6.07, 6.45) is 1.10. The van der Waals surface area contributed by atoms with Crippen LogP contribution in [0.4, 0.5) is 0 Å². The summed E-state index contributed by atoms with van der Waals surface area (Å²) in [5, 5.41) is 0. The molecule has 0 aliphatic heterocycles. The van der Waals surface area contributed by atoms with Gasteiger partial charge in [0.15, 0.2) is 0 Å². The molecule has 0 amide bonds. The molecule has 0 saturated carbocycles. The molecule has 0 spiro atoms. The molecule has 1 aliphatic rings. The van der Waals surface area contributed by atoms with Crippen LogP contribution in [0.2, 0.25) is 19.1 Å². The maximum absolute atomic E-state index is 4.07. The summed E-state index contributed by atoms with van der Waals surface area (Å²) in [7, 11) is -0.597. The maximum Gasteiger partial charge on any atom is -1.00 e. The van der Waals surface area contributed by atoms with Crippen molar-refractivity contribution in [1.82, 2.24) is 3.80 Å². The molecule has 0 unspecified atom stereocenters. The standard InChI is InChI=1S/C21H25.C6H16NSi.2ClH.Ti/c1-20(2,3)16-7-9-18-14(12-16)11-15-13-17(21(4,5)6)8-10-19(15)18;1-6(2,7)5-8(3)4;;;/h7-10,12H,11H2,1-6H3;7-8H,5H2,1-4H3;2*1H;/q;-1;;;+3/p-2. The molecule has 5 heteroatoms. The molecule has 0 bridgehead atoms. The molecule has 2 aromatic carbocycles. The van der Waals surface area contributed by atoms with Crippen LogP contribution >= 0.6 is 0 Å². The number of hydrogen-bond acceptors (Lipinski definition) is 1. The summed E-state index contributed by atoms with van der Waals surface area (Å²) in [5.41, 5.74) is 9.69. The molecule has 176 valence electrons. The van der Waals surface area contributed by atoms with Crippen LogP contribution in [0.3, 0.4) is 0 Å². The van der Waals surface area contributed by atoms with Crippen molar-refractivity contribution in [3.8, 4) is 11.1 Å². The Morgan fingerprint density at radius 2 is 1.44 bits per heavy atom. The average molecular weight is 526 g/mol. The Balaban J connectivity index is 0.00000256. The molecule has 0 radical (unpaired) electrons. The molecule has 0 aromatic heterocycles. The smallest absolute Gasteiger partial charge is 1.00 e. The predicted molar refractivity (Wildman–Crippen MR) is 133 cm³/mol. The number of hydrogen-bond donors (Lipinski definition) is 1. The fraction of sp³-hybridized carbons (Fsp3) is 0.556. The molecule has 2 aromatic rings. The first-order valence-electron chi connectivity index (χ1n) is 11.5. The van der Waals surface area contributed by atoms with E-state index in [9.17, 15) is 0 Å². The number of benzene rings is 2. The number of halogens is 2. The fourth-order valence-electron chi connectivity index (χ4n) is 4.81. The van der Waals surface area contributed by atoms with E-state index in [-0.39, 0.29) is 41.2 Å². The van der Waals surface area contributed by atoms with Crippen LogP contribution in [-0.4, -0.2) is 14.3 Å². The van der Waals surface area contributed by atoms with Gasteiger partial charge in [0.2, 0.25) is 0 Å². The Morgan fingerprint density at radius 3 is 1.97 bits per heavy atom. The zero-order valence-corrected chi connectivity index (χ0v) is 25.9. The van der Waals surface area contributed by atoms with Crippen molar-refractivity contribution < 1.29 is 44.2 Å². The third-order valence-corrected chi connectivity index (χ3v) is 10.6. The first-order chi connectivity index (χ1) is 13.7. The fourth-order valence-corrected chi connectivity index (χ4v) is 9.67. The average Bonchev–Trinajstić information content (AvgIpc) is 2.94. The van der Waals surface area contributed by atoms with Crippen LogP contribution in [0.15, 0.2) is 30.3 Å². The molecule has 3 rings (SSSR count). The molecule has 1 nitrogen and oxygen atoms in total. The Bertz CT molecular complexity index is 940. The first-order valence-corrected chi connectivity index (χ1v) is 16.2. The van der Waals surface area contributed by atoms with Crippen molar-refractivity contribution in [2.24, 2.45) is 0 Å². The predicted octanol–water partition coefficient (Wildman–Crippen LogP) is 0.339. The number of nitrogens with one attached hydrogen (secondary N) is 1. The van der Waals surface area contributed by atoms with E-state index in [0.29, 0.717) is 0 Å². The van der Waals surface area contributed by atoms with Gasteiger partial charge in [-0.2, -0.15) is 0 Å². The van der Waals surface area contributed by atoms with Crippen molar-refractivity contribution >= 4 is 12.7 Å². The van der Waals surface area contributed by atoms with Gasteiger partial charge in [-0.05, 0) is 0 Å². The van der Waals surface area contributed by atoms with E-state index in [1.807, 2.05) is 0 Å². The molecule has 1 N–H and O–H groups in total. The van der Waals surface area contributed by atoms with E-state index < -0.39 is 28.2 Å². The summed E-state index contributed by atoms with van der Waals surface area (Å²) in [4.78, 5) is 0. The molecular formula is C27H41Cl2NSiTi. The Hall–Kier alpha value is -0.0888. The van der Waals surface area contributed by atoms with Crippen molar-refractivity contribution in [3.63, 3.8) is 0 Å². The van der Waals surface area contributed by atoms with E-state index in [4.69, 9.17) is 0 Å². The van der Waals surface area contributed by atoms with E-state index in [0.717, 1.165) is 6.42 Å².